The van der Waals surface area contributed by atoms with Gasteiger partial charge in [-0.25, -0.2) is 8.42 Å². The first-order valence-electron chi connectivity index (χ1n) is 11.7. The zero-order valence-corrected chi connectivity index (χ0v) is 24.4. The zero-order valence-electron chi connectivity index (χ0n) is 20.4. The fourth-order valence-electron chi connectivity index (χ4n) is 3.56. The van der Waals surface area contributed by atoms with Crippen LogP contribution in [-0.2, 0) is 19.6 Å². The van der Waals surface area contributed by atoms with Crippen molar-refractivity contribution in [2.45, 2.75) is 4.90 Å². The maximum Gasteiger partial charge on any atom is 0.271 e. The number of hydrogen-bond donors (Lipinski definition) is 1. The maximum atomic E-state index is 13.6. The molecule has 9 heteroatoms. The SMILES string of the molecule is O=C(/C=C/c1ccccc1Br)Nc1ccc(S(=O)(=O)N(C(=O)/C=C/c2ccccc2Br)c2ccccc2)cc1. The Balaban J connectivity index is 1.56. The van der Waals surface area contributed by atoms with E-state index in [0.29, 0.717) is 5.69 Å². The number of anilines is 2. The van der Waals surface area contributed by atoms with Gasteiger partial charge in [-0.15, -0.1) is 0 Å². The molecule has 196 valence electrons. The van der Waals surface area contributed by atoms with E-state index in [-0.39, 0.29) is 16.5 Å². The van der Waals surface area contributed by atoms with E-state index in [9.17, 15) is 18.0 Å². The van der Waals surface area contributed by atoms with Crippen molar-refractivity contribution in [3.63, 3.8) is 0 Å². The number of halogens is 2. The highest BCUT2D eigenvalue weighted by Crippen LogP contribution is 2.26. The molecule has 39 heavy (non-hydrogen) atoms. The minimum atomic E-state index is -4.28. The summed E-state index contributed by atoms with van der Waals surface area (Å²) in [5, 5.41) is 2.71. The first kappa shape index (κ1) is 28.2. The predicted octanol–water partition coefficient (Wildman–Crippen LogP) is 7.30. The van der Waals surface area contributed by atoms with Gasteiger partial charge in [-0.3, -0.25) is 9.59 Å². The number of rotatable bonds is 8. The van der Waals surface area contributed by atoms with Crippen LogP contribution >= 0.6 is 31.9 Å². The summed E-state index contributed by atoms with van der Waals surface area (Å²) in [6.07, 6.45) is 5.83. The summed E-state index contributed by atoms with van der Waals surface area (Å²) < 4.78 is 29.7. The molecule has 0 saturated carbocycles. The first-order chi connectivity index (χ1) is 18.8. The van der Waals surface area contributed by atoms with Gasteiger partial charge in [-0.2, -0.15) is 4.31 Å². The van der Waals surface area contributed by atoms with Crippen LogP contribution in [0.1, 0.15) is 11.1 Å². The number of nitrogens with one attached hydrogen (secondary N) is 1. The van der Waals surface area contributed by atoms with Crippen LogP contribution in [0.3, 0.4) is 0 Å². The van der Waals surface area contributed by atoms with Gasteiger partial charge in [-0.1, -0.05) is 86.5 Å². The highest BCUT2D eigenvalue weighted by atomic mass is 79.9. The smallest absolute Gasteiger partial charge is 0.271 e. The number of benzene rings is 4. The molecule has 0 aromatic heterocycles. The highest BCUT2D eigenvalue weighted by Gasteiger charge is 2.29. The fourth-order valence-corrected chi connectivity index (χ4v) is 5.78. The van der Waals surface area contributed by atoms with E-state index in [1.807, 2.05) is 42.5 Å². The molecule has 0 aliphatic carbocycles. The molecule has 0 spiro atoms. The molecule has 0 unspecified atom stereocenters. The number of para-hydroxylation sites is 1. The Hall–Kier alpha value is -3.79. The van der Waals surface area contributed by atoms with Gasteiger partial charge >= 0.3 is 0 Å². The molecule has 0 aliphatic heterocycles. The Morgan fingerprint density at radius 1 is 0.667 bits per heavy atom. The van der Waals surface area contributed by atoms with Gasteiger partial charge in [0.05, 0.1) is 10.6 Å². The summed E-state index contributed by atoms with van der Waals surface area (Å²) in [6, 6.07) is 28.6. The maximum absolute atomic E-state index is 13.6. The van der Waals surface area contributed by atoms with Crippen molar-refractivity contribution in [2.24, 2.45) is 0 Å². The van der Waals surface area contributed by atoms with Gasteiger partial charge < -0.3 is 5.32 Å². The summed E-state index contributed by atoms with van der Waals surface area (Å²) in [5.41, 5.74) is 2.18. The molecule has 4 aromatic rings. The van der Waals surface area contributed by atoms with Crippen LogP contribution in [0.5, 0.6) is 0 Å². The van der Waals surface area contributed by atoms with Crippen molar-refractivity contribution in [2.75, 3.05) is 9.62 Å². The second-order valence-electron chi connectivity index (χ2n) is 8.17. The second-order valence-corrected chi connectivity index (χ2v) is 11.7. The molecule has 0 heterocycles. The van der Waals surface area contributed by atoms with Crippen LogP contribution in [0.2, 0.25) is 0 Å². The molecule has 0 radical (unpaired) electrons. The average Bonchev–Trinajstić information content (AvgIpc) is 2.93. The van der Waals surface area contributed by atoms with Crippen LogP contribution in [-0.4, -0.2) is 20.2 Å². The summed E-state index contributed by atoms with van der Waals surface area (Å²) in [4.78, 5) is 25.5. The van der Waals surface area contributed by atoms with Gasteiger partial charge in [0, 0.05) is 26.8 Å². The summed E-state index contributed by atoms with van der Waals surface area (Å²) in [7, 11) is -4.28. The third-order valence-corrected chi connectivity index (χ3v) is 8.66. The Bertz CT molecular complexity index is 1650. The van der Waals surface area contributed by atoms with Crippen molar-refractivity contribution < 1.29 is 18.0 Å². The number of sulfonamides is 1. The normalized spacial score (nSPS) is 11.5. The minimum absolute atomic E-state index is 0.101. The first-order valence-corrected chi connectivity index (χ1v) is 14.7. The van der Waals surface area contributed by atoms with Crippen molar-refractivity contribution in [3.8, 4) is 0 Å². The number of carbonyl (C=O) groups excluding carboxylic acids is 2. The lowest BCUT2D eigenvalue weighted by Gasteiger charge is -2.21. The monoisotopic (exact) mass is 664 g/mol. The molecule has 1 N–H and O–H groups in total. The van der Waals surface area contributed by atoms with E-state index >= 15 is 0 Å². The van der Waals surface area contributed by atoms with Gasteiger partial charge in [0.15, 0.2) is 0 Å². The Labute approximate surface area is 244 Å². The van der Waals surface area contributed by atoms with E-state index in [4.69, 9.17) is 0 Å². The van der Waals surface area contributed by atoms with Crippen LogP contribution in [0, 0.1) is 0 Å². The third kappa shape index (κ3) is 7.20. The van der Waals surface area contributed by atoms with Crippen LogP contribution in [0.4, 0.5) is 11.4 Å². The number of hydrogen-bond acceptors (Lipinski definition) is 4. The molecule has 0 bridgehead atoms. The number of nitrogens with zero attached hydrogens (tertiary/aromatic N) is 1. The van der Waals surface area contributed by atoms with Crippen molar-refractivity contribution in [3.05, 3.63) is 135 Å². The van der Waals surface area contributed by atoms with Gasteiger partial charge in [0.2, 0.25) is 5.91 Å². The Morgan fingerprint density at radius 3 is 1.74 bits per heavy atom. The van der Waals surface area contributed by atoms with Crippen molar-refractivity contribution in [1.82, 2.24) is 0 Å². The molecular weight excluding hydrogens is 644 g/mol. The zero-order chi connectivity index (χ0) is 27.8. The van der Waals surface area contributed by atoms with Gasteiger partial charge in [0.25, 0.3) is 15.9 Å². The third-order valence-electron chi connectivity index (χ3n) is 5.48. The lowest BCUT2D eigenvalue weighted by Crippen LogP contribution is -2.35. The van der Waals surface area contributed by atoms with Crippen LogP contribution in [0.15, 0.2) is 129 Å². The van der Waals surface area contributed by atoms with Gasteiger partial charge in [0.1, 0.15) is 0 Å². The Kier molecular flexibility index (Phi) is 9.29. The molecule has 0 saturated heterocycles. The topological polar surface area (TPSA) is 83.6 Å². The molecule has 6 nitrogen and oxygen atoms in total. The lowest BCUT2D eigenvalue weighted by atomic mass is 10.2. The van der Waals surface area contributed by atoms with Gasteiger partial charge in [-0.05, 0) is 71.8 Å². The Morgan fingerprint density at radius 2 is 1.18 bits per heavy atom. The van der Waals surface area contributed by atoms with E-state index in [2.05, 4.69) is 37.2 Å². The van der Waals surface area contributed by atoms with E-state index in [1.165, 1.54) is 36.4 Å². The van der Waals surface area contributed by atoms with Crippen LogP contribution in [0.25, 0.3) is 12.2 Å². The van der Waals surface area contributed by atoms with Crippen LogP contribution < -0.4 is 9.62 Å². The standard InChI is InChI=1S/C30H22Br2N2O4S/c31-27-12-6-4-8-22(27)14-20-29(35)33-24-16-18-26(19-17-24)39(37,38)34(25-10-2-1-3-11-25)30(36)21-15-23-9-5-7-13-28(23)32/h1-21H,(H,33,35)/b20-14+,21-15+. The predicted molar refractivity (Wildman–Crippen MR) is 163 cm³/mol. The number of amides is 2. The molecular formula is C30H22Br2N2O4S. The molecule has 4 aromatic carbocycles. The molecule has 0 atom stereocenters. The quantitative estimate of drug-likeness (QED) is 0.200. The largest absolute Gasteiger partial charge is 0.323 e. The average molecular weight is 666 g/mol. The fraction of sp³-hybridized carbons (Fsp3) is 0. The lowest BCUT2D eigenvalue weighted by molar-refractivity contribution is -0.113. The van der Waals surface area contributed by atoms with E-state index in [1.54, 1.807) is 48.6 Å². The molecule has 0 aliphatic rings. The summed E-state index contributed by atoms with van der Waals surface area (Å²) >= 11 is 6.85. The highest BCUT2D eigenvalue weighted by molar-refractivity contribution is 9.10. The van der Waals surface area contributed by atoms with Crippen molar-refractivity contribution in [1.29, 1.82) is 0 Å². The van der Waals surface area contributed by atoms with Crippen molar-refractivity contribution >= 4 is 77.2 Å². The molecule has 0 fully saturated rings. The minimum Gasteiger partial charge on any atom is -0.323 e. The second kappa shape index (κ2) is 12.8. The van der Waals surface area contributed by atoms with E-state index in [0.717, 1.165) is 24.4 Å². The summed E-state index contributed by atoms with van der Waals surface area (Å²) in [6.45, 7) is 0. The summed E-state index contributed by atoms with van der Waals surface area (Å²) in [5.74, 6) is -1.11. The molecule has 2 amide bonds. The molecule has 4 rings (SSSR count). The van der Waals surface area contributed by atoms with E-state index < -0.39 is 15.9 Å². The number of carbonyl (C=O) groups is 2.